The Bertz CT molecular complexity index is 510. The maximum Gasteiger partial charge on any atom is 0.265 e. The van der Waals surface area contributed by atoms with Crippen molar-refractivity contribution >= 4 is 10.0 Å². The summed E-state index contributed by atoms with van der Waals surface area (Å²) in [5.74, 6) is 0. The summed E-state index contributed by atoms with van der Waals surface area (Å²) in [4.78, 5) is 7.80. The number of nitrogens with zero attached hydrogens (tertiary/aromatic N) is 2. The Morgan fingerprint density at radius 3 is 2.35 bits per heavy atom. The maximum atomic E-state index is 12.6. The minimum absolute atomic E-state index is 0.0898. The van der Waals surface area contributed by atoms with Crippen molar-refractivity contribution < 1.29 is 13.3 Å². The van der Waals surface area contributed by atoms with E-state index in [2.05, 4.69) is 11.8 Å². The minimum atomic E-state index is -3.58. The zero-order valence-corrected chi connectivity index (χ0v) is 12.8. The number of benzene rings is 1. The molecule has 1 aromatic carbocycles. The minimum Gasteiger partial charge on any atom is -0.303 e. The van der Waals surface area contributed by atoms with Gasteiger partial charge in [-0.15, -0.1) is 0 Å². The van der Waals surface area contributed by atoms with Crippen molar-refractivity contribution in [2.45, 2.75) is 30.7 Å². The zero-order chi connectivity index (χ0) is 14.6. The first-order valence-corrected chi connectivity index (χ1v) is 8.39. The van der Waals surface area contributed by atoms with Crippen LogP contribution in [0.25, 0.3) is 0 Å². The van der Waals surface area contributed by atoms with E-state index >= 15 is 0 Å². The molecule has 2 rings (SSSR count). The largest absolute Gasteiger partial charge is 0.303 e. The van der Waals surface area contributed by atoms with E-state index in [9.17, 15) is 8.42 Å². The van der Waals surface area contributed by atoms with Crippen LogP contribution < -0.4 is 0 Å². The van der Waals surface area contributed by atoms with Gasteiger partial charge in [-0.3, -0.25) is 4.84 Å². The Morgan fingerprint density at radius 1 is 1.25 bits per heavy atom. The van der Waals surface area contributed by atoms with Crippen molar-refractivity contribution in [1.29, 1.82) is 0 Å². The fraction of sp³-hybridized carbons (Fsp3) is 0.571. The van der Waals surface area contributed by atoms with Crippen molar-refractivity contribution in [3.8, 4) is 0 Å². The number of likely N-dealkylation sites (tertiary alicyclic amines) is 1. The molecule has 0 aromatic heterocycles. The lowest BCUT2D eigenvalue weighted by Crippen LogP contribution is -2.46. The molecule has 0 atom stereocenters. The van der Waals surface area contributed by atoms with Crippen LogP contribution in [0.3, 0.4) is 0 Å². The Hall–Kier alpha value is -0.950. The molecule has 0 unspecified atom stereocenters. The summed E-state index contributed by atoms with van der Waals surface area (Å²) in [6.07, 6.45) is 1.60. The van der Waals surface area contributed by atoms with Crippen LogP contribution in [0, 0.1) is 0 Å². The van der Waals surface area contributed by atoms with Gasteiger partial charge in [0.1, 0.15) is 0 Å². The summed E-state index contributed by atoms with van der Waals surface area (Å²) >= 11 is 0. The number of hydrogen-bond acceptors (Lipinski definition) is 4. The van der Waals surface area contributed by atoms with Gasteiger partial charge in [0.2, 0.25) is 0 Å². The van der Waals surface area contributed by atoms with Crippen molar-refractivity contribution in [2.24, 2.45) is 0 Å². The van der Waals surface area contributed by atoms with Crippen LogP contribution in [0.2, 0.25) is 0 Å². The normalized spacial score (nSPS) is 18.6. The lowest BCUT2D eigenvalue weighted by atomic mass is 10.1. The molecule has 1 aliphatic rings. The summed E-state index contributed by atoms with van der Waals surface area (Å²) in [7, 11) is -2.16. The molecule has 1 saturated heterocycles. The molecule has 5 nitrogen and oxygen atoms in total. The van der Waals surface area contributed by atoms with Crippen LogP contribution in [0.1, 0.15) is 19.8 Å². The molecule has 1 aliphatic heterocycles. The number of piperidine rings is 1. The summed E-state index contributed by atoms with van der Waals surface area (Å²) in [5.41, 5.74) is 0. The van der Waals surface area contributed by atoms with Crippen LogP contribution >= 0.6 is 0 Å². The number of hydrogen-bond donors (Lipinski definition) is 0. The quantitative estimate of drug-likeness (QED) is 0.777. The second kappa shape index (κ2) is 6.67. The van der Waals surface area contributed by atoms with Gasteiger partial charge in [0.15, 0.2) is 0 Å². The molecule has 6 heteroatoms. The van der Waals surface area contributed by atoms with E-state index < -0.39 is 10.0 Å². The van der Waals surface area contributed by atoms with E-state index in [0.29, 0.717) is 0 Å². The van der Waals surface area contributed by atoms with E-state index in [1.54, 1.807) is 30.3 Å². The Balaban J connectivity index is 2.16. The van der Waals surface area contributed by atoms with Gasteiger partial charge < -0.3 is 4.90 Å². The SMILES string of the molecule is CCN1CCC(N(OC)S(=O)(=O)c2ccccc2)CC1. The summed E-state index contributed by atoms with van der Waals surface area (Å²) in [6.45, 7) is 4.94. The molecular weight excluding hydrogens is 276 g/mol. The van der Waals surface area contributed by atoms with E-state index in [0.717, 1.165) is 32.5 Å². The predicted octanol–water partition coefficient (Wildman–Crippen LogP) is 1.72. The topological polar surface area (TPSA) is 49.9 Å². The summed E-state index contributed by atoms with van der Waals surface area (Å²) in [6, 6.07) is 8.36. The van der Waals surface area contributed by atoms with Crippen LogP contribution in [0.4, 0.5) is 0 Å². The van der Waals surface area contributed by atoms with Crippen LogP contribution in [-0.2, 0) is 14.9 Å². The van der Waals surface area contributed by atoms with E-state index in [4.69, 9.17) is 4.84 Å². The fourth-order valence-electron chi connectivity index (χ4n) is 2.59. The standard InChI is InChI=1S/C14H22N2O3S/c1-3-15-11-9-13(10-12-15)16(19-2)20(17,18)14-7-5-4-6-8-14/h4-8,13H,3,9-12H2,1-2H3. The Kier molecular flexibility index (Phi) is 5.15. The van der Waals surface area contributed by atoms with Gasteiger partial charge in [-0.25, -0.2) is 8.42 Å². The van der Waals surface area contributed by atoms with Crippen molar-refractivity contribution in [3.05, 3.63) is 30.3 Å². The van der Waals surface area contributed by atoms with Crippen molar-refractivity contribution in [3.63, 3.8) is 0 Å². The third-order valence-electron chi connectivity index (χ3n) is 3.76. The molecule has 1 fully saturated rings. The highest BCUT2D eigenvalue weighted by Gasteiger charge is 2.33. The molecule has 0 amide bonds. The average molecular weight is 298 g/mol. The highest BCUT2D eigenvalue weighted by Crippen LogP contribution is 2.24. The lowest BCUT2D eigenvalue weighted by Gasteiger charge is -2.35. The molecule has 0 aliphatic carbocycles. The average Bonchev–Trinajstić information content (AvgIpc) is 2.49. The van der Waals surface area contributed by atoms with E-state index in [1.807, 2.05) is 0 Å². The van der Waals surface area contributed by atoms with Crippen LogP contribution in [0.15, 0.2) is 35.2 Å². The van der Waals surface area contributed by atoms with Crippen LogP contribution in [0.5, 0.6) is 0 Å². The number of hydroxylamine groups is 1. The smallest absolute Gasteiger partial charge is 0.265 e. The molecule has 1 aromatic rings. The summed E-state index contributed by atoms with van der Waals surface area (Å²) in [5, 5.41) is 0. The third kappa shape index (κ3) is 3.20. The van der Waals surface area contributed by atoms with Gasteiger partial charge in [0.25, 0.3) is 10.0 Å². The number of rotatable bonds is 5. The predicted molar refractivity (Wildman–Crippen MR) is 77.6 cm³/mol. The zero-order valence-electron chi connectivity index (χ0n) is 12.0. The molecule has 20 heavy (non-hydrogen) atoms. The first-order valence-electron chi connectivity index (χ1n) is 6.95. The van der Waals surface area contributed by atoms with Gasteiger partial charge in [-0.2, -0.15) is 0 Å². The second-order valence-corrected chi connectivity index (χ2v) is 6.70. The van der Waals surface area contributed by atoms with E-state index in [1.165, 1.54) is 11.6 Å². The fourth-order valence-corrected chi connectivity index (χ4v) is 4.09. The third-order valence-corrected chi connectivity index (χ3v) is 5.55. The number of sulfonamides is 1. The molecule has 112 valence electrons. The highest BCUT2D eigenvalue weighted by molar-refractivity contribution is 7.89. The van der Waals surface area contributed by atoms with Crippen molar-refractivity contribution in [1.82, 2.24) is 9.37 Å². The lowest BCUT2D eigenvalue weighted by molar-refractivity contribution is -0.0935. The molecule has 0 bridgehead atoms. The van der Waals surface area contributed by atoms with Gasteiger partial charge in [0, 0.05) is 0 Å². The first-order chi connectivity index (χ1) is 9.59. The molecule has 0 saturated carbocycles. The first kappa shape index (κ1) is 15.4. The Morgan fingerprint density at radius 2 is 1.85 bits per heavy atom. The van der Waals surface area contributed by atoms with Gasteiger partial charge in [-0.05, 0) is 44.6 Å². The molecule has 0 N–H and O–H groups in total. The van der Waals surface area contributed by atoms with Gasteiger partial charge >= 0.3 is 0 Å². The van der Waals surface area contributed by atoms with Gasteiger partial charge in [-0.1, -0.05) is 29.6 Å². The second-order valence-electron chi connectivity index (χ2n) is 4.92. The van der Waals surface area contributed by atoms with Gasteiger partial charge in [0.05, 0.1) is 18.0 Å². The summed E-state index contributed by atoms with van der Waals surface area (Å²) < 4.78 is 26.4. The maximum absolute atomic E-state index is 12.6. The monoisotopic (exact) mass is 298 g/mol. The van der Waals surface area contributed by atoms with E-state index in [-0.39, 0.29) is 10.9 Å². The molecule has 0 radical (unpaired) electrons. The molecule has 0 spiro atoms. The highest BCUT2D eigenvalue weighted by atomic mass is 32.2. The molecular formula is C14H22N2O3S. The van der Waals surface area contributed by atoms with Crippen LogP contribution in [-0.4, -0.2) is 50.6 Å². The molecule has 1 heterocycles. The van der Waals surface area contributed by atoms with Crippen molar-refractivity contribution in [2.75, 3.05) is 26.7 Å². The Labute approximate surface area is 121 Å².